The fourth-order valence-corrected chi connectivity index (χ4v) is 4.88. The van der Waals surface area contributed by atoms with Crippen LogP contribution in [0.1, 0.15) is 40.0 Å². The monoisotopic (exact) mass is 543 g/mol. The first kappa shape index (κ1) is 27.1. The molecular formula is C32H28F3N3O2. The lowest BCUT2D eigenvalue weighted by Gasteiger charge is -2.20. The van der Waals surface area contributed by atoms with Crippen LogP contribution in [0.15, 0.2) is 89.9 Å². The van der Waals surface area contributed by atoms with E-state index in [9.17, 15) is 23.1 Å². The Labute approximate surface area is 230 Å². The number of aliphatic hydroxyl groups is 1. The molecule has 204 valence electrons. The lowest BCUT2D eigenvalue weighted by atomic mass is 10.0. The standard InChI is InChI=1S/C32H28F3N3O2/c1-19(38(2)18-20-8-13-27(33)29(35)14-20)36-24-11-9-23-16-30(39)31(26(23)17-24)37-32(40)25-12-10-22(15-28(25)34)21-6-4-3-5-7-21/h3-15,17,30-31,39H,16,18H2,1-2H3,(H,37,40)/t30-,31-/m1/s1. The van der Waals surface area contributed by atoms with Crippen LogP contribution in [-0.4, -0.2) is 34.9 Å². The van der Waals surface area contributed by atoms with Crippen LogP contribution in [0.2, 0.25) is 0 Å². The first-order valence-corrected chi connectivity index (χ1v) is 12.9. The number of nitrogens with zero attached hydrogens (tertiary/aromatic N) is 2. The van der Waals surface area contributed by atoms with Gasteiger partial charge in [0.05, 0.1) is 23.4 Å². The van der Waals surface area contributed by atoms with Crippen LogP contribution < -0.4 is 5.32 Å². The van der Waals surface area contributed by atoms with E-state index < -0.39 is 35.5 Å². The van der Waals surface area contributed by atoms with E-state index in [0.29, 0.717) is 41.2 Å². The molecule has 0 spiro atoms. The average Bonchev–Trinajstić information content (AvgIpc) is 3.25. The van der Waals surface area contributed by atoms with Crippen LogP contribution in [0, 0.1) is 17.5 Å². The second-order valence-electron chi connectivity index (χ2n) is 9.93. The Morgan fingerprint density at radius 3 is 2.42 bits per heavy atom. The molecule has 0 bridgehead atoms. The van der Waals surface area contributed by atoms with E-state index in [4.69, 9.17) is 0 Å². The van der Waals surface area contributed by atoms with Gasteiger partial charge in [0.25, 0.3) is 5.91 Å². The highest BCUT2D eigenvalue weighted by atomic mass is 19.2. The summed E-state index contributed by atoms with van der Waals surface area (Å²) in [7, 11) is 1.79. The number of carbonyl (C=O) groups excluding carboxylic acids is 1. The fourth-order valence-electron chi connectivity index (χ4n) is 4.88. The topological polar surface area (TPSA) is 64.9 Å². The van der Waals surface area contributed by atoms with Gasteiger partial charge in [0.2, 0.25) is 0 Å². The van der Waals surface area contributed by atoms with Gasteiger partial charge in [0.15, 0.2) is 11.6 Å². The van der Waals surface area contributed by atoms with E-state index in [0.717, 1.165) is 23.3 Å². The molecule has 40 heavy (non-hydrogen) atoms. The van der Waals surface area contributed by atoms with Crippen LogP contribution in [-0.2, 0) is 13.0 Å². The molecule has 0 radical (unpaired) electrons. The predicted octanol–water partition coefficient (Wildman–Crippen LogP) is 6.34. The molecule has 4 aromatic carbocycles. The summed E-state index contributed by atoms with van der Waals surface area (Å²) in [6.45, 7) is 2.12. The Bertz CT molecular complexity index is 1590. The van der Waals surface area contributed by atoms with Gasteiger partial charge in [-0.15, -0.1) is 0 Å². The number of hydrogen-bond donors (Lipinski definition) is 2. The summed E-state index contributed by atoms with van der Waals surface area (Å²) in [6.07, 6.45) is -0.531. The zero-order chi connectivity index (χ0) is 28.4. The van der Waals surface area contributed by atoms with E-state index in [2.05, 4.69) is 10.3 Å². The summed E-state index contributed by atoms with van der Waals surface area (Å²) < 4.78 is 41.8. The molecule has 5 rings (SSSR count). The van der Waals surface area contributed by atoms with Crippen molar-refractivity contribution in [2.24, 2.45) is 4.99 Å². The second-order valence-corrected chi connectivity index (χ2v) is 9.93. The molecule has 0 aliphatic heterocycles. The van der Waals surface area contributed by atoms with Gasteiger partial charge in [0, 0.05) is 20.0 Å². The van der Waals surface area contributed by atoms with E-state index >= 15 is 0 Å². The van der Waals surface area contributed by atoms with Crippen molar-refractivity contribution < 1.29 is 23.1 Å². The highest BCUT2D eigenvalue weighted by molar-refractivity contribution is 5.95. The maximum absolute atomic E-state index is 14.9. The molecule has 2 atom stereocenters. The molecule has 0 saturated carbocycles. The van der Waals surface area contributed by atoms with Crippen molar-refractivity contribution >= 4 is 17.4 Å². The number of benzene rings is 4. The third-order valence-electron chi connectivity index (χ3n) is 7.13. The third kappa shape index (κ3) is 5.77. The van der Waals surface area contributed by atoms with Gasteiger partial charge in [-0.1, -0.05) is 48.5 Å². The predicted molar refractivity (Wildman–Crippen MR) is 149 cm³/mol. The average molecular weight is 544 g/mol. The minimum absolute atomic E-state index is 0.107. The van der Waals surface area contributed by atoms with E-state index in [1.165, 1.54) is 18.2 Å². The molecular weight excluding hydrogens is 515 g/mol. The molecule has 0 saturated heterocycles. The van der Waals surface area contributed by atoms with Crippen LogP contribution in [0.4, 0.5) is 18.9 Å². The number of aliphatic imine (C=N–C) groups is 1. The van der Waals surface area contributed by atoms with Gasteiger partial charge in [-0.2, -0.15) is 0 Å². The molecule has 2 N–H and O–H groups in total. The zero-order valence-corrected chi connectivity index (χ0v) is 22.0. The Morgan fingerprint density at radius 1 is 0.925 bits per heavy atom. The number of amides is 1. The van der Waals surface area contributed by atoms with Crippen molar-refractivity contribution in [2.45, 2.75) is 32.0 Å². The number of aliphatic hydroxyl groups excluding tert-OH is 1. The zero-order valence-electron chi connectivity index (χ0n) is 22.0. The van der Waals surface area contributed by atoms with Gasteiger partial charge in [-0.3, -0.25) is 4.79 Å². The van der Waals surface area contributed by atoms with Crippen molar-refractivity contribution in [1.29, 1.82) is 0 Å². The normalized spacial score (nSPS) is 16.5. The number of fused-ring (bicyclic) bond motifs is 1. The third-order valence-corrected chi connectivity index (χ3v) is 7.13. The second kappa shape index (κ2) is 11.4. The van der Waals surface area contributed by atoms with Gasteiger partial charge < -0.3 is 15.3 Å². The minimum atomic E-state index is -0.905. The SMILES string of the molecule is CC(=Nc1ccc2c(c1)[C@@H](NC(=O)c1ccc(-c3ccccc3)cc1F)[C@H](O)C2)N(C)Cc1ccc(F)c(F)c1. The molecule has 1 aliphatic carbocycles. The molecule has 5 nitrogen and oxygen atoms in total. The molecule has 0 aromatic heterocycles. The molecule has 0 heterocycles. The maximum atomic E-state index is 14.9. The highest BCUT2D eigenvalue weighted by Gasteiger charge is 2.33. The van der Waals surface area contributed by atoms with E-state index in [-0.39, 0.29) is 5.56 Å². The summed E-state index contributed by atoms with van der Waals surface area (Å²) in [5.41, 5.74) is 4.16. The van der Waals surface area contributed by atoms with Crippen molar-refractivity contribution in [2.75, 3.05) is 7.05 Å². The number of halogens is 3. The van der Waals surface area contributed by atoms with Gasteiger partial charge >= 0.3 is 0 Å². The van der Waals surface area contributed by atoms with Crippen molar-refractivity contribution in [1.82, 2.24) is 10.2 Å². The summed E-state index contributed by atoms with van der Waals surface area (Å²) in [5, 5.41) is 13.5. The molecule has 8 heteroatoms. The number of amidine groups is 1. The van der Waals surface area contributed by atoms with Crippen molar-refractivity contribution in [3.05, 3.63) is 125 Å². The molecule has 1 amide bonds. The highest BCUT2D eigenvalue weighted by Crippen LogP contribution is 2.35. The lowest BCUT2D eigenvalue weighted by molar-refractivity contribution is 0.0854. The number of carbonyl (C=O) groups is 1. The van der Waals surface area contributed by atoms with Crippen molar-refractivity contribution in [3.63, 3.8) is 0 Å². The Balaban J connectivity index is 1.32. The van der Waals surface area contributed by atoms with E-state index in [1.807, 2.05) is 42.5 Å². The molecule has 1 aliphatic rings. The summed E-state index contributed by atoms with van der Waals surface area (Å²) in [4.78, 5) is 19.5. The minimum Gasteiger partial charge on any atom is -0.390 e. The molecule has 0 fully saturated rings. The lowest BCUT2D eigenvalue weighted by Crippen LogP contribution is -2.34. The first-order valence-electron chi connectivity index (χ1n) is 12.9. The Hall–Kier alpha value is -4.43. The Kier molecular flexibility index (Phi) is 7.71. The number of hydrogen-bond acceptors (Lipinski definition) is 3. The number of nitrogens with one attached hydrogen (secondary N) is 1. The van der Waals surface area contributed by atoms with Gasteiger partial charge in [0.1, 0.15) is 11.7 Å². The summed E-state index contributed by atoms with van der Waals surface area (Å²) >= 11 is 0. The van der Waals surface area contributed by atoms with E-state index in [1.54, 1.807) is 31.0 Å². The van der Waals surface area contributed by atoms with Crippen LogP contribution in [0.5, 0.6) is 0 Å². The first-order chi connectivity index (χ1) is 19.2. The van der Waals surface area contributed by atoms with Gasteiger partial charge in [-0.05, 0) is 71.1 Å². The Morgan fingerprint density at radius 2 is 1.70 bits per heavy atom. The van der Waals surface area contributed by atoms with Crippen LogP contribution in [0.25, 0.3) is 11.1 Å². The smallest absolute Gasteiger partial charge is 0.254 e. The summed E-state index contributed by atoms with van der Waals surface area (Å²) in [5.74, 6) is -2.44. The number of rotatable bonds is 6. The maximum Gasteiger partial charge on any atom is 0.254 e. The molecule has 0 unspecified atom stereocenters. The van der Waals surface area contributed by atoms with Gasteiger partial charge in [-0.25, -0.2) is 18.2 Å². The molecule has 4 aromatic rings. The van der Waals surface area contributed by atoms with Crippen LogP contribution >= 0.6 is 0 Å². The summed E-state index contributed by atoms with van der Waals surface area (Å²) in [6, 6.07) is 22.3. The fraction of sp³-hybridized carbons (Fsp3) is 0.188. The largest absolute Gasteiger partial charge is 0.390 e. The van der Waals surface area contributed by atoms with Crippen molar-refractivity contribution in [3.8, 4) is 11.1 Å². The van der Waals surface area contributed by atoms with Crippen LogP contribution in [0.3, 0.4) is 0 Å². The quantitative estimate of drug-likeness (QED) is 0.220.